The SMILES string of the molecule is CCOC(=O)c1c(-c2ccc(Cl)cc2)csc1NC(=O)C=Cc1cc2ccccc2o1. The van der Waals surface area contributed by atoms with Crippen LogP contribution in [-0.4, -0.2) is 18.5 Å². The van der Waals surface area contributed by atoms with Crippen LogP contribution in [-0.2, 0) is 9.53 Å². The number of ether oxygens (including phenoxy) is 1. The van der Waals surface area contributed by atoms with E-state index in [4.69, 9.17) is 20.8 Å². The summed E-state index contributed by atoms with van der Waals surface area (Å²) in [5, 5.41) is 6.57. The first-order valence-electron chi connectivity index (χ1n) is 9.57. The van der Waals surface area contributed by atoms with Crippen molar-refractivity contribution in [3.05, 3.63) is 82.4 Å². The van der Waals surface area contributed by atoms with Gasteiger partial charge in [-0.15, -0.1) is 11.3 Å². The molecular formula is C24H18ClNO4S. The van der Waals surface area contributed by atoms with Crippen LogP contribution in [0.1, 0.15) is 23.0 Å². The van der Waals surface area contributed by atoms with Gasteiger partial charge in [0.1, 0.15) is 21.9 Å². The van der Waals surface area contributed by atoms with Crippen LogP contribution < -0.4 is 5.32 Å². The third-order valence-corrected chi connectivity index (χ3v) is 5.65. The second-order valence-corrected chi connectivity index (χ2v) is 7.91. The van der Waals surface area contributed by atoms with Gasteiger partial charge in [-0.2, -0.15) is 0 Å². The largest absolute Gasteiger partial charge is 0.462 e. The molecule has 2 aromatic carbocycles. The summed E-state index contributed by atoms with van der Waals surface area (Å²) in [6.07, 6.45) is 2.96. The molecule has 1 amide bonds. The summed E-state index contributed by atoms with van der Waals surface area (Å²) < 4.78 is 10.9. The summed E-state index contributed by atoms with van der Waals surface area (Å²) in [5.74, 6) is -0.309. The Labute approximate surface area is 187 Å². The molecule has 4 rings (SSSR count). The molecule has 0 saturated heterocycles. The Hall–Kier alpha value is -3.35. The van der Waals surface area contributed by atoms with Crippen molar-refractivity contribution in [2.24, 2.45) is 0 Å². The van der Waals surface area contributed by atoms with Crippen molar-refractivity contribution in [3.8, 4) is 11.1 Å². The summed E-state index contributed by atoms with van der Waals surface area (Å²) in [7, 11) is 0. The molecule has 156 valence electrons. The van der Waals surface area contributed by atoms with E-state index in [1.807, 2.05) is 47.8 Å². The molecule has 0 bridgehead atoms. The first kappa shape index (κ1) is 20.9. The van der Waals surface area contributed by atoms with Gasteiger partial charge in [0.25, 0.3) is 0 Å². The summed E-state index contributed by atoms with van der Waals surface area (Å²) in [4.78, 5) is 25.1. The van der Waals surface area contributed by atoms with E-state index in [0.29, 0.717) is 26.9 Å². The average Bonchev–Trinajstić information content (AvgIpc) is 3.37. The molecule has 2 heterocycles. The predicted octanol–water partition coefficient (Wildman–Crippen LogP) is 6.64. The maximum Gasteiger partial charge on any atom is 0.341 e. The van der Waals surface area contributed by atoms with Gasteiger partial charge >= 0.3 is 5.97 Å². The first-order chi connectivity index (χ1) is 15.0. The van der Waals surface area contributed by atoms with Crippen molar-refractivity contribution in [3.63, 3.8) is 0 Å². The van der Waals surface area contributed by atoms with Crippen molar-refractivity contribution in [2.45, 2.75) is 6.92 Å². The topological polar surface area (TPSA) is 68.5 Å². The van der Waals surface area contributed by atoms with Crippen molar-refractivity contribution in [1.29, 1.82) is 0 Å². The molecule has 2 aromatic heterocycles. The third kappa shape index (κ3) is 4.71. The predicted molar refractivity (Wildman–Crippen MR) is 125 cm³/mol. The van der Waals surface area contributed by atoms with Gasteiger partial charge in [0, 0.05) is 27.4 Å². The summed E-state index contributed by atoms with van der Waals surface area (Å²) >= 11 is 7.24. The molecule has 0 unspecified atom stereocenters. The van der Waals surface area contributed by atoms with Crippen molar-refractivity contribution < 1.29 is 18.7 Å². The normalized spacial score (nSPS) is 11.2. The number of carbonyl (C=O) groups is 2. The van der Waals surface area contributed by atoms with Gasteiger partial charge in [-0.1, -0.05) is 41.9 Å². The molecule has 0 aliphatic carbocycles. The van der Waals surface area contributed by atoms with E-state index in [-0.39, 0.29) is 12.5 Å². The van der Waals surface area contributed by atoms with E-state index in [1.54, 1.807) is 25.1 Å². The Bertz CT molecular complexity index is 1240. The van der Waals surface area contributed by atoms with Gasteiger partial charge in [-0.3, -0.25) is 4.79 Å². The highest BCUT2D eigenvalue weighted by molar-refractivity contribution is 7.15. The fourth-order valence-electron chi connectivity index (χ4n) is 3.09. The van der Waals surface area contributed by atoms with Gasteiger partial charge < -0.3 is 14.5 Å². The summed E-state index contributed by atoms with van der Waals surface area (Å²) in [6.45, 7) is 1.97. The monoisotopic (exact) mass is 451 g/mol. The van der Waals surface area contributed by atoms with Gasteiger partial charge in [0.05, 0.1) is 6.61 Å². The molecule has 7 heteroatoms. The molecule has 0 atom stereocenters. The Morgan fingerprint density at radius 2 is 1.94 bits per heavy atom. The van der Waals surface area contributed by atoms with Crippen molar-refractivity contribution >= 4 is 56.9 Å². The molecule has 31 heavy (non-hydrogen) atoms. The molecule has 0 radical (unpaired) electrons. The fourth-order valence-corrected chi connectivity index (χ4v) is 4.18. The molecule has 0 fully saturated rings. The lowest BCUT2D eigenvalue weighted by atomic mass is 10.0. The molecule has 0 spiro atoms. The zero-order valence-corrected chi connectivity index (χ0v) is 18.1. The molecule has 5 nitrogen and oxygen atoms in total. The van der Waals surface area contributed by atoms with Crippen LogP contribution in [0, 0.1) is 0 Å². The second kappa shape index (κ2) is 9.20. The number of esters is 1. The number of anilines is 1. The van der Waals surface area contributed by atoms with E-state index in [0.717, 1.165) is 16.5 Å². The van der Waals surface area contributed by atoms with Crippen LogP contribution in [0.15, 0.2) is 70.5 Å². The zero-order chi connectivity index (χ0) is 21.8. The smallest absolute Gasteiger partial charge is 0.341 e. The number of hydrogen-bond donors (Lipinski definition) is 1. The highest BCUT2D eigenvalue weighted by Gasteiger charge is 2.22. The zero-order valence-electron chi connectivity index (χ0n) is 16.6. The lowest BCUT2D eigenvalue weighted by Crippen LogP contribution is -2.12. The molecule has 0 aliphatic heterocycles. The standard InChI is InChI=1S/C24H18ClNO4S/c1-2-29-24(28)22-19(15-7-9-17(25)10-8-15)14-31-23(22)26-21(27)12-11-18-13-16-5-3-4-6-20(16)30-18/h3-14H,2H2,1H3,(H,26,27). The van der Waals surface area contributed by atoms with Gasteiger partial charge in [-0.05, 0) is 42.8 Å². The number of amides is 1. The number of furan rings is 1. The second-order valence-electron chi connectivity index (χ2n) is 6.59. The highest BCUT2D eigenvalue weighted by Crippen LogP contribution is 2.36. The minimum Gasteiger partial charge on any atom is -0.462 e. The summed E-state index contributed by atoms with van der Waals surface area (Å²) in [5.41, 5.74) is 2.55. The number of rotatable bonds is 6. The number of halogens is 1. The maximum absolute atomic E-state index is 12.6. The molecule has 0 saturated carbocycles. The Morgan fingerprint density at radius 3 is 2.68 bits per heavy atom. The number of nitrogens with one attached hydrogen (secondary N) is 1. The van der Waals surface area contributed by atoms with Gasteiger partial charge in [0.2, 0.25) is 5.91 Å². The maximum atomic E-state index is 12.6. The number of para-hydroxylation sites is 1. The minimum atomic E-state index is -0.495. The number of fused-ring (bicyclic) bond motifs is 1. The van der Waals surface area contributed by atoms with E-state index >= 15 is 0 Å². The van der Waals surface area contributed by atoms with E-state index in [9.17, 15) is 9.59 Å². The van der Waals surface area contributed by atoms with Gasteiger partial charge in [-0.25, -0.2) is 4.79 Å². The Kier molecular flexibility index (Phi) is 6.21. The molecule has 0 aliphatic rings. The molecule has 1 N–H and O–H groups in total. The quantitative estimate of drug-likeness (QED) is 0.263. The number of hydrogen-bond acceptors (Lipinski definition) is 5. The van der Waals surface area contributed by atoms with Crippen molar-refractivity contribution in [1.82, 2.24) is 0 Å². The van der Waals surface area contributed by atoms with Crippen LogP contribution in [0.4, 0.5) is 5.00 Å². The molecular weight excluding hydrogens is 434 g/mol. The van der Waals surface area contributed by atoms with Crippen LogP contribution in [0.5, 0.6) is 0 Å². The number of carbonyl (C=O) groups excluding carboxylic acids is 2. The summed E-state index contributed by atoms with van der Waals surface area (Å²) in [6, 6.07) is 16.6. The van der Waals surface area contributed by atoms with E-state index < -0.39 is 5.97 Å². The van der Waals surface area contributed by atoms with Crippen LogP contribution in [0.25, 0.3) is 28.2 Å². The lowest BCUT2D eigenvalue weighted by molar-refractivity contribution is -0.111. The van der Waals surface area contributed by atoms with Gasteiger partial charge in [0.15, 0.2) is 0 Å². The van der Waals surface area contributed by atoms with Crippen LogP contribution in [0.2, 0.25) is 5.02 Å². The highest BCUT2D eigenvalue weighted by atomic mass is 35.5. The lowest BCUT2D eigenvalue weighted by Gasteiger charge is -2.08. The number of benzene rings is 2. The number of thiophene rings is 1. The molecule has 4 aromatic rings. The van der Waals surface area contributed by atoms with Crippen molar-refractivity contribution in [2.75, 3.05) is 11.9 Å². The Morgan fingerprint density at radius 1 is 1.16 bits per heavy atom. The average molecular weight is 452 g/mol. The van der Waals surface area contributed by atoms with Crippen LogP contribution in [0.3, 0.4) is 0 Å². The minimum absolute atomic E-state index is 0.230. The van der Waals surface area contributed by atoms with Crippen LogP contribution >= 0.6 is 22.9 Å². The van der Waals surface area contributed by atoms with E-state index in [1.165, 1.54) is 17.4 Å². The Balaban J connectivity index is 1.58. The third-order valence-electron chi connectivity index (χ3n) is 4.51. The first-order valence-corrected chi connectivity index (χ1v) is 10.8. The fraction of sp³-hybridized carbons (Fsp3) is 0.0833. The van der Waals surface area contributed by atoms with E-state index in [2.05, 4.69) is 5.32 Å².